The van der Waals surface area contributed by atoms with Gasteiger partial charge in [0, 0.05) is 5.56 Å². The number of hydrogen-bond donors (Lipinski definition) is 0. The van der Waals surface area contributed by atoms with Crippen LogP contribution in [0.3, 0.4) is 0 Å². The van der Waals surface area contributed by atoms with E-state index in [9.17, 15) is 8.78 Å². The monoisotopic (exact) mass is 522 g/mol. The smallest absolute Gasteiger partial charge is 0.201 e. The Morgan fingerprint density at radius 1 is 0.816 bits per heavy atom. The van der Waals surface area contributed by atoms with Crippen molar-refractivity contribution in [1.82, 2.24) is 0 Å². The van der Waals surface area contributed by atoms with Crippen LogP contribution in [0.15, 0.2) is 49.1 Å². The Labute approximate surface area is 227 Å². The van der Waals surface area contributed by atoms with E-state index >= 15 is 0 Å². The van der Waals surface area contributed by atoms with Crippen molar-refractivity contribution in [1.29, 1.82) is 0 Å². The molecule has 0 bridgehead atoms. The average molecular weight is 523 g/mol. The minimum absolute atomic E-state index is 0.0176. The minimum Gasteiger partial charge on any atom is -0.490 e. The Kier molecular flexibility index (Phi) is 9.20. The van der Waals surface area contributed by atoms with Gasteiger partial charge in [0.2, 0.25) is 5.82 Å². The molecule has 0 radical (unpaired) electrons. The first-order chi connectivity index (χ1) is 18.6. The van der Waals surface area contributed by atoms with Gasteiger partial charge in [0.1, 0.15) is 0 Å². The first-order valence-electron chi connectivity index (χ1n) is 15.0. The standard InChI is InChI=1S/C34H44F2O2/c1-3-21-37-32-20-18-30(33(35)34(32)36)27-15-13-25(14-16-27)24-9-11-26(12-10-24)29-17-19-31(38-22-29)28-7-5-23(4-2)6-8-28/h4,13-16,18,20,23-24,26,28-29,31H,2-3,5-12,17,19,21-22H2,1H3. The third-order valence-electron chi connectivity index (χ3n) is 9.66. The summed E-state index contributed by atoms with van der Waals surface area (Å²) in [5.74, 6) is 1.73. The highest BCUT2D eigenvalue weighted by Crippen LogP contribution is 2.43. The molecule has 1 heterocycles. The molecule has 2 aromatic rings. The number of ether oxygens (including phenoxy) is 2. The van der Waals surface area contributed by atoms with Gasteiger partial charge in [0.05, 0.1) is 19.3 Å². The van der Waals surface area contributed by atoms with Crippen LogP contribution in [-0.4, -0.2) is 19.3 Å². The van der Waals surface area contributed by atoms with Gasteiger partial charge in [-0.15, -0.1) is 6.58 Å². The van der Waals surface area contributed by atoms with Crippen molar-refractivity contribution in [2.75, 3.05) is 13.2 Å². The molecule has 2 nitrogen and oxygen atoms in total. The molecule has 38 heavy (non-hydrogen) atoms. The maximum absolute atomic E-state index is 14.7. The van der Waals surface area contributed by atoms with Crippen molar-refractivity contribution in [3.63, 3.8) is 0 Å². The first-order valence-corrected chi connectivity index (χ1v) is 15.0. The van der Waals surface area contributed by atoms with Crippen LogP contribution in [0.25, 0.3) is 11.1 Å². The van der Waals surface area contributed by atoms with Crippen molar-refractivity contribution in [2.45, 2.75) is 89.6 Å². The second-order valence-electron chi connectivity index (χ2n) is 11.9. The summed E-state index contributed by atoms with van der Waals surface area (Å²) in [4.78, 5) is 0. The van der Waals surface area contributed by atoms with Crippen molar-refractivity contribution in [2.24, 2.45) is 23.7 Å². The summed E-state index contributed by atoms with van der Waals surface area (Å²) in [6.45, 7) is 7.23. The highest BCUT2D eigenvalue weighted by Gasteiger charge is 2.35. The molecule has 3 fully saturated rings. The van der Waals surface area contributed by atoms with E-state index in [1.165, 1.54) is 75.8 Å². The van der Waals surface area contributed by atoms with Gasteiger partial charge in [-0.05, 0) is 123 Å². The zero-order valence-corrected chi connectivity index (χ0v) is 23.0. The van der Waals surface area contributed by atoms with Crippen molar-refractivity contribution >= 4 is 0 Å². The Hall–Kier alpha value is -2.20. The van der Waals surface area contributed by atoms with Crippen molar-refractivity contribution in [3.05, 3.63) is 66.3 Å². The molecule has 2 aliphatic carbocycles. The summed E-state index contributed by atoms with van der Waals surface area (Å²) >= 11 is 0. The summed E-state index contributed by atoms with van der Waals surface area (Å²) in [6, 6.07) is 11.2. The molecule has 2 unspecified atom stereocenters. The number of benzene rings is 2. The molecule has 2 saturated carbocycles. The zero-order chi connectivity index (χ0) is 26.5. The van der Waals surface area contributed by atoms with Crippen LogP contribution in [0.1, 0.15) is 89.0 Å². The third kappa shape index (κ3) is 6.17. The van der Waals surface area contributed by atoms with E-state index in [4.69, 9.17) is 9.47 Å². The summed E-state index contributed by atoms with van der Waals surface area (Å²) in [6.07, 6.45) is 16.0. The Bertz CT molecular complexity index is 1040. The van der Waals surface area contributed by atoms with Gasteiger partial charge in [0.15, 0.2) is 11.6 Å². The number of allylic oxidation sites excluding steroid dienone is 1. The molecule has 5 rings (SSSR count). The molecular weight excluding hydrogens is 478 g/mol. The normalized spacial score (nSPS) is 30.1. The van der Waals surface area contributed by atoms with E-state index in [2.05, 4.69) is 24.8 Å². The first kappa shape index (κ1) is 27.4. The molecule has 4 heteroatoms. The van der Waals surface area contributed by atoms with Gasteiger partial charge in [-0.2, -0.15) is 4.39 Å². The Morgan fingerprint density at radius 3 is 2.13 bits per heavy atom. The second kappa shape index (κ2) is 12.8. The van der Waals surface area contributed by atoms with Crippen LogP contribution >= 0.6 is 0 Å². The van der Waals surface area contributed by atoms with E-state index < -0.39 is 11.6 Å². The summed E-state index contributed by atoms with van der Waals surface area (Å²) in [5.41, 5.74) is 2.30. The van der Waals surface area contributed by atoms with Gasteiger partial charge >= 0.3 is 0 Å². The van der Waals surface area contributed by atoms with Gasteiger partial charge in [-0.3, -0.25) is 0 Å². The fraction of sp³-hybridized carbons (Fsp3) is 0.588. The number of halogens is 2. The largest absolute Gasteiger partial charge is 0.490 e. The molecule has 0 N–H and O–H groups in total. The van der Waals surface area contributed by atoms with Crippen LogP contribution in [0.2, 0.25) is 0 Å². The van der Waals surface area contributed by atoms with Gasteiger partial charge in [-0.1, -0.05) is 37.3 Å². The molecule has 1 aliphatic heterocycles. The van der Waals surface area contributed by atoms with E-state index in [0.717, 1.165) is 30.8 Å². The lowest BCUT2D eigenvalue weighted by Crippen LogP contribution is -2.37. The van der Waals surface area contributed by atoms with Gasteiger partial charge in [0.25, 0.3) is 0 Å². The molecule has 0 spiro atoms. The molecule has 3 aliphatic rings. The predicted octanol–water partition coefficient (Wildman–Crippen LogP) is 9.48. The summed E-state index contributed by atoms with van der Waals surface area (Å²) in [7, 11) is 0. The van der Waals surface area contributed by atoms with E-state index in [1.54, 1.807) is 6.07 Å². The summed E-state index contributed by atoms with van der Waals surface area (Å²) < 4.78 is 41.0. The minimum atomic E-state index is -0.906. The maximum atomic E-state index is 14.7. The fourth-order valence-electron chi connectivity index (χ4n) is 7.23. The van der Waals surface area contributed by atoms with E-state index in [0.29, 0.717) is 30.1 Å². The van der Waals surface area contributed by atoms with Gasteiger partial charge < -0.3 is 9.47 Å². The molecule has 2 atom stereocenters. The third-order valence-corrected chi connectivity index (χ3v) is 9.66. The molecule has 0 amide bonds. The lowest BCUT2D eigenvalue weighted by Gasteiger charge is -2.41. The Balaban J connectivity index is 1.11. The average Bonchev–Trinajstić information content (AvgIpc) is 2.98. The highest BCUT2D eigenvalue weighted by molar-refractivity contribution is 5.65. The van der Waals surface area contributed by atoms with Crippen molar-refractivity contribution < 1.29 is 18.3 Å². The quantitative estimate of drug-likeness (QED) is 0.321. The van der Waals surface area contributed by atoms with E-state index in [-0.39, 0.29) is 11.3 Å². The van der Waals surface area contributed by atoms with Crippen LogP contribution in [-0.2, 0) is 4.74 Å². The Morgan fingerprint density at radius 2 is 1.50 bits per heavy atom. The highest BCUT2D eigenvalue weighted by atomic mass is 19.2. The second-order valence-corrected chi connectivity index (χ2v) is 11.9. The number of hydrogen-bond acceptors (Lipinski definition) is 2. The summed E-state index contributed by atoms with van der Waals surface area (Å²) in [5, 5.41) is 0. The molecule has 206 valence electrons. The van der Waals surface area contributed by atoms with Crippen LogP contribution in [0, 0.1) is 35.3 Å². The molecule has 1 saturated heterocycles. The van der Waals surface area contributed by atoms with E-state index in [1.807, 2.05) is 19.1 Å². The lowest BCUT2D eigenvalue weighted by molar-refractivity contribution is -0.0721. The molecular formula is C34H44F2O2. The van der Waals surface area contributed by atoms with Crippen LogP contribution < -0.4 is 4.74 Å². The predicted molar refractivity (Wildman–Crippen MR) is 150 cm³/mol. The lowest BCUT2D eigenvalue weighted by atomic mass is 9.71. The van der Waals surface area contributed by atoms with Crippen LogP contribution in [0.5, 0.6) is 5.75 Å². The molecule has 0 aromatic heterocycles. The SMILES string of the molecule is C=CC1CCC(C2CCC(C3CCC(c4ccc(-c5ccc(OCCC)c(F)c5F)cc4)CC3)CO2)CC1. The molecule has 2 aromatic carbocycles. The number of rotatable bonds is 8. The van der Waals surface area contributed by atoms with Crippen molar-refractivity contribution in [3.8, 4) is 16.9 Å². The van der Waals surface area contributed by atoms with Crippen LogP contribution in [0.4, 0.5) is 8.78 Å². The fourth-order valence-corrected chi connectivity index (χ4v) is 7.23. The topological polar surface area (TPSA) is 18.5 Å². The maximum Gasteiger partial charge on any atom is 0.201 e. The van der Waals surface area contributed by atoms with Gasteiger partial charge in [-0.25, -0.2) is 4.39 Å². The zero-order valence-electron chi connectivity index (χ0n) is 23.0.